The summed E-state index contributed by atoms with van der Waals surface area (Å²) in [6, 6.07) is 15.3. The molecule has 0 N–H and O–H groups in total. The minimum atomic E-state index is -2.18. The van der Waals surface area contributed by atoms with E-state index in [2.05, 4.69) is 90.1 Å². The number of benzene rings is 2. The third-order valence-electron chi connectivity index (χ3n) is 10.9. The van der Waals surface area contributed by atoms with E-state index >= 15 is 0 Å². The molecule has 1 heterocycles. The van der Waals surface area contributed by atoms with Gasteiger partial charge in [0.25, 0.3) is 0 Å². The molecule has 0 bridgehead atoms. The molecule has 3 aliphatic rings. The van der Waals surface area contributed by atoms with Crippen LogP contribution in [0.25, 0.3) is 11.1 Å². The second-order valence-electron chi connectivity index (χ2n) is 13.6. The van der Waals surface area contributed by atoms with E-state index in [1.165, 1.54) is 69.8 Å². The van der Waals surface area contributed by atoms with Gasteiger partial charge >= 0.3 is 246 Å². The van der Waals surface area contributed by atoms with Gasteiger partial charge in [0.05, 0.1) is 0 Å². The number of hydrogen-bond donors (Lipinski definition) is 0. The SMILES string of the molecule is CCCCc1ccc2c(c1)C(C(CC)([CH2][Zr]1([CH2]CCC)[CH2][CH]1C)C1=CC(C)=CC1)c1cc(CCCC)ccc1-2. The van der Waals surface area contributed by atoms with Crippen molar-refractivity contribution in [2.45, 2.75) is 128 Å². The summed E-state index contributed by atoms with van der Waals surface area (Å²) in [5, 5.41) is 0. The Labute approximate surface area is 245 Å². The Kier molecular flexibility index (Phi) is 9.28. The van der Waals surface area contributed by atoms with Crippen LogP contribution in [0.4, 0.5) is 0 Å². The molecule has 0 radical (unpaired) electrons. The van der Waals surface area contributed by atoms with Crippen LogP contribution in [-0.4, -0.2) is 0 Å². The Bertz CT molecular complexity index is 1170. The van der Waals surface area contributed by atoms with Crippen LogP contribution in [0.1, 0.15) is 121 Å². The molecule has 3 unspecified atom stereocenters. The molecule has 3 atom stereocenters. The average molecular weight is 602 g/mol. The third kappa shape index (κ3) is 5.65. The van der Waals surface area contributed by atoms with Crippen molar-refractivity contribution >= 4 is 0 Å². The van der Waals surface area contributed by atoms with E-state index < -0.39 is 20.3 Å². The van der Waals surface area contributed by atoms with Gasteiger partial charge in [0.15, 0.2) is 0 Å². The molecule has 0 nitrogen and oxygen atoms in total. The van der Waals surface area contributed by atoms with Crippen molar-refractivity contribution in [3.63, 3.8) is 0 Å². The van der Waals surface area contributed by atoms with Crippen molar-refractivity contribution in [2.75, 3.05) is 0 Å². The van der Waals surface area contributed by atoms with Gasteiger partial charge in [0, 0.05) is 0 Å². The Morgan fingerprint density at radius 2 is 1.38 bits per heavy atom. The summed E-state index contributed by atoms with van der Waals surface area (Å²) in [6.45, 7) is 14.6. The molecule has 210 valence electrons. The fourth-order valence-corrected chi connectivity index (χ4v) is 26.0. The first kappa shape index (κ1) is 29.3. The summed E-state index contributed by atoms with van der Waals surface area (Å²) in [6.07, 6.45) is 18.0. The van der Waals surface area contributed by atoms with E-state index in [4.69, 9.17) is 0 Å². The van der Waals surface area contributed by atoms with Crippen LogP contribution in [0.2, 0.25) is 16.0 Å². The number of allylic oxidation sites excluding steroid dienone is 4. The maximum atomic E-state index is 2.67. The molecule has 5 rings (SSSR count). The zero-order valence-electron chi connectivity index (χ0n) is 26.0. The van der Waals surface area contributed by atoms with Crippen molar-refractivity contribution in [1.29, 1.82) is 0 Å². The predicted molar refractivity (Wildman–Crippen MR) is 169 cm³/mol. The molecule has 0 saturated carbocycles. The Hall–Kier alpha value is -1.20. The standard InChI is InChI=1S/C31H39.C4H9.C3H6.Zr/c1-6-9-11-23-14-17-26-27-18-15-24(12-10-7-2)21-29(27)30(28(26)20-23)31(5,8-3)25-16-13-22(4)19-25;1-3-4-2;1-3-2;/h13-15,17-21,30H,5-12,16H2,1-4H3;1,3-4H2,2H3;3H,1H2,2H3;. The quantitative estimate of drug-likeness (QED) is 0.202. The van der Waals surface area contributed by atoms with E-state index in [0.29, 0.717) is 5.92 Å². The number of unbranched alkanes of at least 4 members (excludes halogenated alkanes) is 3. The van der Waals surface area contributed by atoms with Crippen LogP contribution in [0.3, 0.4) is 0 Å². The van der Waals surface area contributed by atoms with Crippen LogP contribution in [0, 0.1) is 5.41 Å². The number of rotatable bonds is 14. The fraction of sp³-hybridized carbons (Fsp3) is 0.579. The molecule has 2 aromatic carbocycles. The van der Waals surface area contributed by atoms with Crippen LogP contribution in [0.15, 0.2) is 59.7 Å². The monoisotopic (exact) mass is 600 g/mol. The number of aryl methyl sites for hydroxylation is 2. The van der Waals surface area contributed by atoms with E-state index in [1.54, 1.807) is 51.3 Å². The molecular formula is C38H54Zr. The molecule has 0 aromatic heterocycles. The first-order chi connectivity index (χ1) is 18.9. The van der Waals surface area contributed by atoms with Crippen molar-refractivity contribution in [3.05, 3.63) is 82.0 Å². The van der Waals surface area contributed by atoms with Gasteiger partial charge in [0.1, 0.15) is 0 Å². The minimum absolute atomic E-state index is 0.273. The first-order valence-electron chi connectivity index (χ1n) is 16.5. The molecule has 2 aliphatic carbocycles. The van der Waals surface area contributed by atoms with E-state index in [1.807, 2.05) is 0 Å². The molecule has 1 aliphatic heterocycles. The topological polar surface area (TPSA) is 0 Å². The molecule has 1 fully saturated rings. The van der Waals surface area contributed by atoms with Crippen molar-refractivity contribution in [2.24, 2.45) is 5.41 Å². The summed E-state index contributed by atoms with van der Waals surface area (Å²) >= 11 is -2.18. The number of hydrogen-bond acceptors (Lipinski definition) is 0. The Morgan fingerprint density at radius 3 is 1.82 bits per heavy atom. The predicted octanol–water partition coefficient (Wildman–Crippen LogP) is 12.2. The van der Waals surface area contributed by atoms with Crippen LogP contribution in [0.5, 0.6) is 0 Å². The van der Waals surface area contributed by atoms with Gasteiger partial charge in [-0.1, -0.05) is 0 Å². The van der Waals surface area contributed by atoms with Gasteiger partial charge in [-0.05, 0) is 0 Å². The van der Waals surface area contributed by atoms with E-state index in [0.717, 1.165) is 3.63 Å². The van der Waals surface area contributed by atoms with Gasteiger partial charge in [-0.15, -0.1) is 0 Å². The maximum absolute atomic E-state index is 2.67. The zero-order valence-corrected chi connectivity index (χ0v) is 28.4. The summed E-state index contributed by atoms with van der Waals surface area (Å²) in [5.41, 5.74) is 13.1. The zero-order chi connectivity index (χ0) is 27.6. The van der Waals surface area contributed by atoms with Gasteiger partial charge in [-0.25, -0.2) is 0 Å². The van der Waals surface area contributed by atoms with Gasteiger partial charge in [0.2, 0.25) is 0 Å². The second kappa shape index (κ2) is 12.4. The van der Waals surface area contributed by atoms with Crippen LogP contribution < -0.4 is 0 Å². The number of fused-ring (bicyclic) bond motifs is 3. The van der Waals surface area contributed by atoms with Crippen molar-refractivity contribution < 1.29 is 20.3 Å². The normalized spacial score (nSPS) is 23.3. The molecule has 0 amide bonds. The molecule has 2 aromatic rings. The molecule has 1 saturated heterocycles. The van der Waals surface area contributed by atoms with Crippen LogP contribution in [-0.2, 0) is 33.1 Å². The Morgan fingerprint density at radius 1 is 0.821 bits per heavy atom. The molecular weight excluding hydrogens is 548 g/mol. The van der Waals surface area contributed by atoms with E-state index in [9.17, 15) is 0 Å². The molecule has 1 heteroatoms. The molecule has 0 spiro atoms. The van der Waals surface area contributed by atoms with Gasteiger partial charge in [-0.2, -0.15) is 0 Å². The summed E-state index contributed by atoms with van der Waals surface area (Å²) in [5.74, 6) is 0.518. The van der Waals surface area contributed by atoms with Crippen molar-refractivity contribution in [3.8, 4) is 11.1 Å². The third-order valence-corrected chi connectivity index (χ3v) is 25.4. The Balaban J connectivity index is 1.69. The van der Waals surface area contributed by atoms with Gasteiger partial charge < -0.3 is 0 Å². The fourth-order valence-electron chi connectivity index (χ4n) is 8.39. The molecule has 39 heavy (non-hydrogen) atoms. The summed E-state index contributed by atoms with van der Waals surface area (Å²) < 4.78 is 5.89. The van der Waals surface area contributed by atoms with Crippen molar-refractivity contribution in [1.82, 2.24) is 0 Å². The van der Waals surface area contributed by atoms with E-state index in [-0.39, 0.29) is 5.41 Å². The van der Waals surface area contributed by atoms with Crippen LogP contribution >= 0.6 is 0 Å². The second-order valence-corrected chi connectivity index (χ2v) is 25.8. The van der Waals surface area contributed by atoms with Gasteiger partial charge in [-0.3, -0.25) is 0 Å². The first-order valence-corrected chi connectivity index (χ1v) is 23.2. The summed E-state index contributed by atoms with van der Waals surface area (Å²) in [7, 11) is 0. The summed E-state index contributed by atoms with van der Waals surface area (Å²) in [4.78, 5) is 0. The average Bonchev–Trinajstić information content (AvgIpc) is 3.23.